The van der Waals surface area contributed by atoms with Crippen LogP contribution in [0.15, 0.2) is 18.2 Å². The van der Waals surface area contributed by atoms with E-state index in [-0.39, 0.29) is 0 Å². The molecule has 0 bridgehead atoms. The van der Waals surface area contributed by atoms with Crippen LogP contribution in [0.1, 0.15) is 51.4 Å². The molecule has 1 aliphatic carbocycles. The Hall–Kier alpha value is -0.730. The first-order chi connectivity index (χ1) is 10.00. The maximum absolute atomic E-state index is 6.11. The molecule has 1 aromatic heterocycles. The van der Waals surface area contributed by atoms with Gasteiger partial charge in [-0.1, -0.05) is 31.9 Å². The molecule has 0 amide bonds. The van der Waals surface area contributed by atoms with Gasteiger partial charge in [-0.2, -0.15) is 0 Å². The summed E-state index contributed by atoms with van der Waals surface area (Å²) in [4.78, 5) is 4.78. The van der Waals surface area contributed by atoms with Gasteiger partial charge in [0.2, 0.25) is 0 Å². The van der Waals surface area contributed by atoms with Gasteiger partial charge in [0, 0.05) is 23.4 Å². The van der Waals surface area contributed by atoms with E-state index < -0.39 is 0 Å². The number of alkyl halides is 1. The standard InChI is InChI=1S/C17H22Cl2N2/c1-17(2)8-3-4-13(11-17)21-15-6-5-12(19)10-14(15)20-16(21)7-9-18/h5-6,10,13H,3-4,7-9,11H2,1-2H3. The maximum Gasteiger partial charge on any atom is 0.111 e. The Labute approximate surface area is 136 Å². The first kappa shape index (κ1) is 15.2. The third-order valence-electron chi connectivity index (χ3n) is 4.59. The fourth-order valence-electron chi connectivity index (χ4n) is 3.67. The fraction of sp³-hybridized carbons (Fsp3) is 0.588. The van der Waals surface area contributed by atoms with Crippen molar-refractivity contribution in [1.29, 1.82) is 0 Å². The molecule has 2 aromatic rings. The van der Waals surface area contributed by atoms with Crippen LogP contribution in [0.4, 0.5) is 0 Å². The Morgan fingerprint density at radius 2 is 2.19 bits per heavy atom. The minimum atomic E-state index is 0.407. The van der Waals surface area contributed by atoms with Crippen molar-refractivity contribution in [2.45, 2.75) is 52.0 Å². The summed E-state index contributed by atoms with van der Waals surface area (Å²) in [5.41, 5.74) is 2.60. The van der Waals surface area contributed by atoms with Gasteiger partial charge >= 0.3 is 0 Å². The van der Waals surface area contributed by atoms with Gasteiger partial charge in [-0.15, -0.1) is 11.6 Å². The van der Waals surface area contributed by atoms with Crippen molar-refractivity contribution in [1.82, 2.24) is 9.55 Å². The van der Waals surface area contributed by atoms with Crippen LogP contribution in [-0.4, -0.2) is 15.4 Å². The molecule has 0 saturated heterocycles. The number of aryl methyl sites for hydroxylation is 1. The van der Waals surface area contributed by atoms with Crippen molar-refractivity contribution in [2.75, 3.05) is 5.88 Å². The van der Waals surface area contributed by atoms with E-state index in [0.717, 1.165) is 22.8 Å². The Balaban J connectivity index is 2.08. The molecule has 1 heterocycles. The largest absolute Gasteiger partial charge is 0.325 e. The van der Waals surface area contributed by atoms with E-state index in [2.05, 4.69) is 24.5 Å². The summed E-state index contributed by atoms with van der Waals surface area (Å²) in [6, 6.07) is 6.54. The van der Waals surface area contributed by atoms with Crippen molar-refractivity contribution in [3.05, 3.63) is 29.0 Å². The Morgan fingerprint density at radius 1 is 1.38 bits per heavy atom. The molecule has 1 fully saturated rings. The molecule has 2 nitrogen and oxygen atoms in total. The smallest absolute Gasteiger partial charge is 0.111 e. The second-order valence-corrected chi connectivity index (χ2v) is 7.70. The highest BCUT2D eigenvalue weighted by molar-refractivity contribution is 6.31. The number of imidazole rings is 1. The first-order valence-electron chi connectivity index (χ1n) is 7.72. The Kier molecular flexibility index (Phi) is 4.20. The van der Waals surface area contributed by atoms with Crippen LogP contribution in [-0.2, 0) is 6.42 Å². The van der Waals surface area contributed by atoms with Gasteiger partial charge in [-0.25, -0.2) is 4.98 Å². The van der Waals surface area contributed by atoms with Crippen molar-refractivity contribution in [3.8, 4) is 0 Å². The normalized spacial score (nSPS) is 21.8. The predicted octanol–water partition coefficient (Wildman–Crippen LogP) is 5.61. The van der Waals surface area contributed by atoms with Gasteiger partial charge in [-0.3, -0.25) is 0 Å². The van der Waals surface area contributed by atoms with Gasteiger partial charge in [-0.05, 0) is 42.9 Å². The molecule has 0 spiro atoms. The van der Waals surface area contributed by atoms with Crippen LogP contribution in [0, 0.1) is 5.41 Å². The molecule has 0 aliphatic heterocycles. The Bertz CT molecular complexity index is 646. The quantitative estimate of drug-likeness (QED) is 0.670. The fourth-order valence-corrected chi connectivity index (χ4v) is 4.00. The number of nitrogens with zero attached hydrogens (tertiary/aromatic N) is 2. The van der Waals surface area contributed by atoms with Crippen molar-refractivity contribution >= 4 is 34.2 Å². The molecule has 1 atom stereocenters. The van der Waals surface area contributed by atoms with Crippen molar-refractivity contribution < 1.29 is 0 Å². The zero-order chi connectivity index (χ0) is 15.0. The number of halogens is 2. The minimum Gasteiger partial charge on any atom is -0.325 e. The van der Waals surface area contributed by atoms with Gasteiger partial charge in [0.15, 0.2) is 0 Å². The molecule has 0 radical (unpaired) electrons. The number of aromatic nitrogens is 2. The van der Waals surface area contributed by atoms with E-state index in [1.165, 1.54) is 31.2 Å². The lowest BCUT2D eigenvalue weighted by Gasteiger charge is -2.36. The molecule has 1 saturated carbocycles. The van der Waals surface area contributed by atoms with Gasteiger partial charge in [0.05, 0.1) is 11.0 Å². The molecular weight excluding hydrogens is 303 g/mol. The van der Waals surface area contributed by atoms with Crippen LogP contribution < -0.4 is 0 Å². The lowest BCUT2D eigenvalue weighted by atomic mass is 9.75. The van der Waals surface area contributed by atoms with Crippen LogP contribution in [0.25, 0.3) is 11.0 Å². The molecule has 3 rings (SSSR count). The van der Waals surface area contributed by atoms with E-state index >= 15 is 0 Å². The van der Waals surface area contributed by atoms with E-state index in [0.29, 0.717) is 17.3 Å². The molecule has 21 heavy (non-hydrogen) atoms. The van der Waals surface area contributed by atoms with Crippen LogP contribution in [0.5, 0.6) is 0 Å². The maximum atomic E-state index is 6.11. The average molecular weight is 325 g/mol. The van der Waals surface area contributed by atoms with Gasteiger partial charge < -0.3 is 4.57 Å². The topological polar surface area (TPSA) is 17.8 Å². The summed E-state index contributed by atoms with van der Waals surface area (Å²) >= 11 is 12.1. The first-order valence-corrected chi connectivity index (χ1v) is 8.64. The lowest BCUT2D eigenvalue weighted by Crippen LogP contribution is -2.26. The van der Waals surface area contributed by atoms with Gasteiger partial charge in [0.1, 0.15) is 5.82 Å². The summed E-state index contributed by atoms with van der Waals surface area (Å²) in [6.45, 7) is 4.74. The Morgan fingerprint density at radius 3 is 2.90 bits per heavy atom. The third kappa shape index (κ3) is 3.07. The SMILES string of the molecule is CC1(C)CCCC(n2c(CCCl)nc3cc(Cl)ccc32)C1. The number of fused-ring (bicyclic) bond motifs is 1. The molecule has 1 aromatic carbocycles. The zero-order valence-electron chi connectivity index (χ0n) is 12.7. The predicted molar refractivity (Wildman–Crippen MR) is 90.5 cm³/mol. The zero-order valence-corrected chi connectivity index (χ0v) is 14.2. The summed E-state index contributed by atoms with van der Waals surface area (Å²) in [7, 11) is 0. The highest BCUT2D eigenvalue weighted by Gasteiger charge is 2.30. The summed E-state index contributed by atoms with van der Waals surface area (Å²) in [5.74, 6) is 1.71. The van der Waals surface area contributed by atoms with E-state index in [1.807, 2.05) is 12.1 Å². The summed E-state index contributed by atoms with van der Waals surface area (Å²) in [5, 5.41) is 0.744. The number of rotatable bonds is 3. The molecule has 0 N–H and O–H groups in total. The number of hydrogen-bond donors (Lipinski definition) is 0. The molecular formula is C17H22Cl2N2. The molecule has 1 aliphatic rings. The van der Waals surface area contributed by atoms with Crippen LogP contribution in [0.2, 0.25) is 5.02 Å². The third-order valence-corrected chi connectivity index (χ3v) is 5.01. The van der Waals surface area contributed by atoms with Crippen molar-refractivity contribution in [3.63, 3.8) is 0 Å². The second-order valence-electron chi connectivity index (χ2n) is 6.88. The lowest BCUT2D eigenvalue weighted by molar-refractivity contribution is 0.184. The summed E-state index contributed by atoms with van der Waals surface area (Å²) < 4.78 is 2.43. The number of benzene rings is 1. The van der Waals surface area contributed by atoms with E-state index in [1.54, 1.807) is 0 Å². The minimum absolute atomic E-state index is 0.407. The van der Waals surface area contributed by atoms with Crippen LogP contribution in [0.3, 0.4) is 0 Å². The molecule has 4 heteroatoms. The number of hydrogen-bond acceptors (Lipinski definition) is 1. The average Bonchev–Trinajstić information content (AvgIpc) is 2.75. The van der Waals surface area contributed by atoms with Gasteiger partial charge in [0.25, 0.3) is 0 Å². The summed E-state index contributed by atoms with van der Waals surface area (Å²) in [6.07, 6.45) is 5.84. The monoisotopic (exact) mass is 324 g/mol. The second kappa shape index (κ2) is 5.81. The van der Waals surface area contributed by atoms with Crippen LogP contribution >= 0.6 is 23.2 Å². The van der Waals surface area contributed by atoms with E-state index in [9.17, 15) is 0 Å². The molecule has 114 valence electrons. The molecule has 1 unspecified atom stereocenters. The van der Waals surface area contributed by atoms with E-state index in [4.69, 9.17) is 28.2 Å². The highest BCUT2D eigenvalue weighted by Crippen LogP contribution is 2.42. The highest BCUT2D eigenvalue weighted by atomic mass is 35.5. The van der Waals surface area contributed by atoms with Crippen molar-refractivity contribution in [2.24, 2.45) is 5.41 Å².